The first-order valence-corrected chi connectivity index (χ1v) is 10.5. The molecule has 0 atom stereocenters. The van der Waals surface area contributed by atoms with Crippen LogP contribution in [0.2, 0.25) is 0 Å². The van der Waals surface area contributed by atoms with Crippen LogP contribution in [0.5, 0.6) is 0 Å². The molecule has 0 aromatic carbocycles. The van der Waals surface area contributed by atoms with Crippen molar-refractivity contribution in [2.45, 2.75) is 78.6 Å². The number of nitrogens with zero attached hydrogens (tertiary/aromatic N) is 4. The summed E-state index contributed by atoms with van der Waals surface area (Å²) in [6, 6.07) is 7.23. The van der Waals surface area contributed by atoms with Crippen LogP contribution in [-0.4, -0.2) is 19.9 Å². The van der Waals surface area contributed by atoms with E-state index in [1.165, 1.54) is 17.8 Å². The molecule has 5 heteroatoms. The van der Waals surface area contributed by atoms with Gasteiger partial charge in [-0.1, -0.05) is 68.4 Å². The fourth-order valence-electron chi connectivity index (χ4n) is 2.31. The number of aromatic nitrogens is 4. The van der Waals surface area contributed by atoms with Gasteiger partial charge in [0.25, 0.3) is 0 Å². The van der Waals surface area contributed by atoms with Crippen LogP contribution in [0.15, 0.2) is 61.4 Å². The van der Waals surface area contributed by atoms with Gasteiger partial charge in [0.2, 0.25) is 0 Å². The van der Waals surface area contributed by atoms with Crippen LogP contribution in [0.25, 0.3) is 0 Å². The van der Waals surface area contributed by atoms with Gasteiger partial charge in [-0.3, -0.25) is 19.9 Å². The van der Waals surface area contributed by atoms with Crippen LogP contribution in [0.4, 0.5) is 4.39 Å². The normalized spacial score (nSPS) is 11.5. The van der Waals surface area contributed by atoms with E-state index in [2.05, 4.69) is 67.5 Å². The molecule has 168 valence electrons. The maximum absolute atomic E-state index is 12.4. The maximum Gasteiger partial charge on any atom is 0.141 e. The third-order valence-corrected chi connectivity index (χ3v) is 4.35. The lowest BCUT2D eigenvalue weighted by Gasteiger charge is -2.17. The van der Waals surface area contributed by atoms with Gasteiger partial charge >= 0.3 is 0 Å². The zero-order valence-electron chi connectivity index (χ0n) is 20.4. The van der Waals surface area contributed by atoms with Crippen molar-refractivity contribution in [1.82, 2.24) is 19.9 Å². The predicted molar refractivity (Wildman–Crippen MR) is 127 cm³/mol. The van der Waals surface area contributed by atoms with Crippen LogP contribution >= 0.6 is 0 Å². The van der Waals surface area contributed by atoms with Crippen molar-refractivity contribution in [3.05, 3.63) is 84.2 Å². The number of halogens is 1. The maximum atomic E-state index is 12.4. The summed E-state index contributed by atoms with van der Waals surface area (Å²) >= 11 is 0. The third kappa shape index (κ3) is 10.3. The monoisotopic (exact) mass is 424 g/mol. The molecule has 0 aliphatic carbocycles. The quantitative estimate of drug-likeness (QED) is 0.404. The summed E-state index contributed by atoms with van der Waals surface area (Å²) in [5.74, 6) is -0.280. The Bertz CT molecular complexity index is 824. The molecule has 0 bridgehead atoms. The Hall–Kier alpha value is -2.69. The van der Waals surface area contributed by atoms with Gasteiger partial charge < -0.3 is 0 Å². The average Bonchev–Trinajstić information content (AvgIpc) is 2.69. The SMILES string of the molecule is CC(C)(C)c1ccc(F)cn1.CC(C)(C)c1cccnc1.CC(C)(C)c1cnccn1. The first-order chi connectivity index (χ1) is 14.2. The molecular weight excluding hydrogens is 387 g/mol. The zero-order valence-corrected chi connectivity index (χ0v) is 20.4. The second kappa shape index (κ2) is 11.1. The third-order valence-electron chi connectivity index (χ3n) is 4.35. The van der Waals surface area contributed by atoms with E-state index in [0.29, 0.717) is 0 Å². The Morgan fingerprint density at radius 1 is 0.581 bits per heavy atom. The van der Waals surface area contributed by atoms with Gasteiger partial charge in [0.1, 0.15) is 5.82 Å². The molecule has 4 nitrogen and oxygen atoms in total. The molecule has 0 unspecified atom stereocenters. The van der Waals surface area contributed by atoms with E-state index in [9.17, 15) is 4.39 Å². The molecule has 3 aromatic rings. The van der Waals surface area contributed by atoms with Crippen LogP contribution in [0.3, 0.4) is 0 Å². The Morgan fingerprint density at radius 3 is 1.52 bits per heavy atom. The minimum atomic E-state index is -0.280. The molecule has 31 heavy (non-hydrogen) atoms. The standard InChI is InChI=1S/C9H12FN.C9H13N.C8H12N2/c1-9(2,3)8-5-4-7(10)6-11-8;1-9(2,3)8-5-4-6-10-7-8;1-8(2,3)7-6-9-4-5-10-7/h4-6H,1-3H3;4-7H,1-3H3;4-6H,1-3H3. The molecule has 0 aliphatic rings. The zero-order chi connectivity index (χ0) is 23.7. The highest BCUT2D eigenvalue weighted by atomic mass is 19.1. The van der Waals surface area contributed by atoms with Crippen molar-refractivity contribution in [3.63, 3.8) is 0 Å². The van der Waals surface area contributed by atoms with Gasteiger partial charge in [0, 0.05) is 47.5 Å². The van der Waals surface area contributed by atoms with E-state index in [1.54, 1.807) is 30.9 Å². The van der Waals surface area contributed by atoms with E-state index in [-0.39, 0.29) is 22.1 Å². The molecule has 0 radical (unpaired) electrons. The molecule has 0 amide bonds. The van der Waals surface area contributed by atoms with E-state index < -0.39 is 0 Å². The first kappa shape index (κ1) is 26.3. The molecule has 0 N–H and O–H groups in total. The van der Waals surface area contributed by atoms with E-state index in [0.717, 1.165) is 11.4 Å². The Morgan fingerprint density at radius 2 is 1.19 bits per heavy atom. The molecule has 3 aromatic heterocycles. The van der Waals surface area contributed by atoms with Crippen molar-refractivity contribution in [1.29, 1.82) is 0 Å². The highest BCUT2D eigenvalue weighted by molar-refractivity contribution is 5.17. The van der Waals surface area contributed by atoms with Crippen LogP contribution in [0, 0.1) is 5.82 Å². The van der Waals surface area contributed by atoms with Crippen LogP contribution in [-0.2, 0) is 16.2 Å². The van der Waals surface area contributed by atoms with Gasteiger partial charge in [-0.15, -0.1) is 0 Å². The predicted octanol–water partition coefficient (Wildman–Crippen LogP) is 6.67. The van der Waals surface area contributed by atoms with Crippen molar-refractivity contribution in [2.75, 3.05) is 0 Å². The van der Waals surface area contributed by atoms with Crippen molar-refractivity contribution >= 4 is 0 Å². The van der Waals surface area contributed by atoms with Gasteiger partial charge in [0.15, 0.2) is 0 Å². The van der Waals surface area contributed by atoms with Gasteiger partial charge in [0.05, 0.1) is 11.9 Å². The molecule has 0 aliphatic heterocycles. The smallest absolute Gasteiger partial charge is 0.141 e. The topological polar surface area (TPSA) is 51.6 Å². The molecule has 3 heterocycles. The van der Waals surface area contributed by atoms with E-state index in [1.807, 2.05) is 33.0 Å². The minimum absolute atomic E-state index is 0.00764. The Balaban J connectivity index is 0.000000233. The minimum Gasteiger partial charge on any atom is -0.264 e. The Kier molecular flexibility index (Phi) is 9.41. The molecule has 0 saturated carbocycles. The van der Waals surface area contributed by atoms with Gasteiger partial charge in [-0.05, 0) is 29.2 Å². The van der Waals surface area contributed by atoms with Crippen molar-refractivity contribution in [3.8, 4) is 0 Å². The number of hydrogen-bond acceptors (Lipinski definition) is 4. The molecular formula is C26H37FN4. The van der Waals surface area contributed by atoms with Crippen LogP contribution in [0.1, 0.15) is 79.3 Å². The van der Waals surface area contributed by atoms with Crippen LogP contribution < -0.4 is 0 Å². The summed E-state index contributed by atoms with van der Waals surface area (Å²) < 4.78 is 12.4. The van der Waals surface area contributed by atoms with Crippen molar-refractivity contribution in [2.24, 2.45) is 0 Å². The average molecular weight is 425 g/mol. The molecule has 3 rings (SSSR count). The number of rotatable bonds is 0. The summed E-state index contributed by atoms with van der Waals surface area (Å²) in [6.45, 7) is 19.1. The second-order valence-electron chi connectivity index (χ2n) is 10.4. The lowest BCUT2D eigenvalue weighted by atomic mass is 9.88. The van der Waals surface area contributed by atoms with Gasteiger partial charge in [-0.25, -0.2) is 4.39 Å². The molecule has 0 fully saturated rings. The summed E-state index contributed by atoms with van der Waals surface area (Å²) in [5, 5.41) is 0. The second-order valence-corrected chi connectivity index (χ2v) is 10.4. The van der Waals surface area contributed by atoms with Gasteiger partial charge in [-0.2, -0.15) is 0 Å². The van der Waals surface area contributed by atoms with E-state index >= 15 is 0 Å². The summed E-state index contributed by atoms with van der Waals surface area (Å²) in [6.07, 6.45) is 10.2. The first-order valence-electron chi connectivity index (χ1n) is 10.5. The largest absolute Gasteiger partial charge is 0.264 e. The fraction of sp³-hybridized carbons (Fsp3) is 0.462. The van der Waals surface area contributed by atoms with E-state index in [4.69, 9.17) is 0 Å². The number of hydrogen-bond donors (Lipinski definition) is 0. The summed E-state index contributed by atoms with van der Waals surface area (Å²) in [4.78, 5) is 16.2. The number of pyridine rings is 2. The Labute approximate surface area is 187 Å². The lowest BCUT2D eigenvalue weighted by Crippen LogP contribution is -2.13. The molecule has 0 saturated heterocycles. The molecule has 0 spiro atoms. The summed E-state index contributed by atoms with van der Waals surface area (Å²) in [7, 11) is 0. The summed E-state index contributed by atoms with van der Waals surface area (Å²) in [5.41, 5.74) is 3.60. The highest BCUT2D eigenvalue weighted by Gasteiger charge is 2.15. The fourth-order valence-corrected chi connectivity index (χ4v) is 2.31. The lowest BCUT2D eigenvalue weighted by molar-refractivity contribution is 0.557. The van der Waals surface area contributed by atoms with Crippen molar-refractivity contribution < 1.29 is 4.39 Å². The highest BCUT2D eigenvalue weighted by Crippen LogP contribution is 2.20.